The van der Waals surface area contributed by atoms with Crippen LogP contribution in [-0.4, -0.2) is 54.4 Å². The van der Waals surface area contributed by atoms with Crippen molar-refractivity contribution in [3.8, 4) is 0 Å². The number of aliphatic hydroxyl groups is 1. The molecule has 23 heavy (non-hydrogen) atoms. The molecule has 3 rings (SSSR count). The molecule has 2 N–H and O–H groups in total. The lowest BCUT2D eigenvalue weighted by molar-refractivity contribution is 0.153. The number of nitrogens with one attached hydrogen (secondary N) is 1. The van der Waals surface area contributed by atoms with Gasteiger partial charge in [0.2, 0.25) is 0 Å². The van der Waals surface area contributed by atoms with Crippen LogP contribution in [0.1, 0.15) is 25.7 Å². The van der Waals surface area contributed by atoms with Crippen LogP contribution in [0.4, 0.5) is 14.9 Å². The Morgan fingerprint density at radius 2 is 2.04 bits per heavy atom. The first-order valence-electron chi connectivity index (χ1n) is 8.36. The van der Waals surface area contributed by atoms with Crippen molar-refractivity contribution in [1.82, 2.24) is 10.2 Å². The molecule has 2 amide bonds. The quantitative estimate of drug-likeness (QED) is 0.895. The molecule has 2 aliphatic rings. The molecule has 6 heteroatoms. The second-order valence-corrected chi connectivity index (χ2v) is 6.36. The van der Waals surface area contributed by atoms with E-state index >= 15 is 0 Å². The highest BCUT2D eigenvalue weighted by Crippen LogP contribution is 2.23. The summed E-state index contributed by atoms with van der Waals surface area (Å²) in [5.74, 6) is -0.223. The number of carbonyl (C=O) groups excluding carboxylic acids is 1. The van der Waals surface area contributed by atoms with Crippen LogP contribution in [0, 0.1) is 5.82 Å². The molecule has 0 radical (unpaired) electrons. The van der Waals surface area contributed by atoms with E-state index in [1.54, 1.807) is 17.0 Å². The molecule has 0 saturated carbocycles. The molecule has 1 aromatic rings. The molecule has 2 aliphatic heterocycles. The van der Waals surface area contributed by atoms with E-state index in [-0.39, 0.29) is 30.5 Å². The van der Waals surface area contributed by atoms with Gasteiger partial charge in [-0.1, -0.05) is 12.1 Å². The number of halogens is 1. The third kappa shape index (κ3) is 3.58. The lowest BCUT2D eigenvalue weighted by atomic mass is 10.0. The van der Waals surface area contributed by atoms with E-state index in [1.807, 2.05) is 11.0 Å². The minimum Gasteiger partial charge on any atom is -0.394 e. The van der Waals surface area contributed by atoms with Gasteiger partial charge >= 0.3 is 6.03 Å². The zero-order valence-electron chi connectivity index (χ0n) is 13.2. The first kappa shape index (κ1) is 16.1. The number of urea groups is 1. The number of aliphatic hydroxyl groups excluding tert-OH is 1. The molecule has 0 unspecified atom stereocenters. The first-order chi connectivity index (χ1) is 11.2. The largest absolute Gasteiger partial charge is 0.394 e. The highest BCUT2D eigenvalue weighted by Gasteiger charge is 2.30. The summed E-state index contributed by atoms with van der Waals surface area (Å²) < 4.78 is 13.9. The van der Waals surface area contributed by atoms with Gasteiger partial charge in [-0.15, -0.1) is 0 Å². The molecule has 2 heterocycles. The first-order valence-corrected chi connectivity index (χ1v) is 8.36. The maximum Gasteiger partial charge on any atom is 0.318 e. The molecule has 2 fully saturated rings. The third-order valence-electron chi connectivity index (χ3n) is 4.79. The topological polar surface area (TPSA) is 55.8 Å². The van der Waals surface area contributed by atoms with Crippen molar-refractivity contribution in [1.29, 1.82) is 0 Å². The number of nitrogens with zero attached hydrogens (tertiary/aromatic N) is 2. The van der Waals surface area contributed by atoms with Crippen molar-refractivity contribution in [2.24, 2.45) is 0 Å². The Hall–Kier alpha value is -1.82. The van der Waals surface area contributed by atoms with Gasteiger partial charge in [0.1, 0.15) is 5.82 Å². The summed E-state index contributed by atoms with van der Waals surface area (Å²) in [6.45, 7) is 2.13. The summed E-state index contributed by atoms with van der Waals surface area (Å²) >= 11 is 0. The summed E-state index contributed by atoms with van der Waals surface area (Å²) in [5, 5.41) is 12.4. The smallest absolute Gasteiger partial charge is 0.318 e. The van der Waals surface area contributed by atoms with Crippen LogP contribution in [0.5, 0.6) is 0 Å². The highest BCUT2D eigenvalue weighted by molar-refractivity contribution is 5.75. The molecule has 0 aliphatic carbocycles. The van der Waals surface area contributed by atoms with Crippen LogP contribution in [0.15, 0.2) is 24.3 Å². The van der Waals surface area contributed by atoms with E-state index in [1.165, 1.54) is 6.07 Å². The zero-order valence-corrected chi connectivity index (χ0v) is 13.2. The average molecular weight is 321 g/mol. The fourth-order valence-corrected chi connectivity index (χ4v) is 3.57. The normalized spacial score (nSPS) is 24.8. The average Bonchev–Trinajstić information content (AvgIpc) is 3.04. The second kappa shape index (κ2) is 7.17. The number of amides is 2. The van der Waals surface area contributed by atoms with E-state index in [0.717, 1.165) is 32.2 Å². The molecular weight excluding hydrogens is 297 g/mol. The minimum atomic E-state index is -0.223. The maximum absolute atomic E-state index is 13.9. The molecule has 2 atom stereocenters. The van der Waals surface area contributed by atoms with Gasteiger partial charge in [-0.25, -0.2) is 9.18 Å². The van der Waals surface area contributed by atoms with Gasteiger partial charge in [-0.05, 0) is 37.8 Å². The monoisotopic (exact) mass is 321 g/mol. The molecule has 0 aromatic heterocycles. The Labute approximate surface area is 136 Å². The van der Waals surface area contributed by atoms with Crippen LogP contribution in [0.25, 0.3) is 0 Å². The Morgan fingerprint density at radius 1 is 1.26 bits per heavy atom. The third-order valence-corrected chi connectivity index (χ3v) is 4.79. The number of hydrogen-bond donors (Lipinski definition) is 2. The summed E-state index contributed by atoms with van der Waals surface area (Å²) in [7, 11) is 0. The fraction of sp³-hybridized carbons (Fsp3) is 0.588. The second-order valence-electron chi connectivity index (χ2n) is 6.36. The standard InChI is InChI=1S/C17H24FN3O2/c18-15-7-1-2-8-16(15)20-9-3-5-13(11-20)19-17(23)21-10-4-6-14(21)12-22/h1-2,7-8,13-14,22H,3-6,9-12H2,(H,19,23)/t13-,14+/m0/s1. The van der Waals surface area contributed by atoms with Crippen molar-refractivity contribution < 1.29 is 14.3 Å². The number of benzene rings is 1. The summed E-state index contributed by atoms with van der Waals surface area (Å²) in [5.41, 5.74) is 0.598. The van der Waals surface area contributed by atoms with Crippen molar-refractivity contribution in [3.63, 3.8) is 0 Å². The van der Waals surface area contributed by atoms with Crippen LogP contribution >= 0.6 is 0 Å². The Balaban J connectivity index is 1.61. The van der Waals surface area contributed by atoms with E-state index in [0.29, 0.717) is 18.8 Å². The van der Waals surface area contributed by atoms with Crippen molar-refractivity contribution in [3.05, 3.63) is 30.1 Å². The lowest BCUT2D eigenvalue weighted by Gasteiger charge is -2.36. The minimum absolute atomic E-state index is 0.01000. The number of likely N-dealkylation sites (tertiary alicyclic amines) is 1. The molecule has 0 bridgehead atoms. The van der Waals surface area contributed by atoms with Crippen LogP contribution in [0.2, 0.25) is 0 Å². The van der Waals surface area contributed by atoms with Gasteiger partial charge in [-0.2, -0.15) is 0 Å². The number of carbonyl (C=O) groups is 1. The SMILES string of the molecule is O=C(N[C@H]1CCCN(c2ccccc2F)C1)N1CCC[C@@H]1CO. The Kier molecular flexibility index (Phi) is 5.00. The van der Waals surface area contributed by atoms with Crippen LogP contribution in [-0.2, 0) is 0 Å². The van der Waals surface area contributed by atoms with Gasteiger partial charge in [0.25, 0.3) is 0 Å². The number of piperidine rings is 1. The lowest BCUT2D eigenvalue weighted by Crippen LogP contribution is -2.53. The van der Waals surface area contributed by atoms with E-state index in [9.17, 15) is 14.3 Å². The summed E-state index contributed by atoms with van der Waals surface area (Å²) in [6, 6.07) is 6.59. The zero-order chi connectivity index (χ0) is 16.2. The van der Waals surface area contributed by atoms with E-state index in [2.05, 4.69) is 5.32 Å². The number of para-hydroxylation sites is 1. The molecular formula is C17H24FN3O2. The van der Waals surface area contributed by atoms with Gasteiger partial charge in [0, 0.05) is 25.7 Å². The number of hydrogen-bond acceptors (Lipinski definition) is 3. The summed E-state index contributed by atoms with van der Waals surface area (Å²) in [4.78, 5) is 16.1. The molecule has 5 nitrogen and oxygen atoms in total. The van der Waals surface area contributed by atoms with E-state index < -0.39 is 0 Å². The fourth-order valence-electron chi connectivity index (χ4n) is 3.57. The van der Waals surface area contributed by atoms with Crippen molar-refractivity contribution in [2.75, 3.05) is 31.1 Å². The molecule has 1 aromatic carbocycles. The number of anilines is 1. The van der Waals surface area contributed by atoms with Gasteiger partial charge < -0.3 is 20.2 Å². The van der Waals surface area contributed by atoms with Crippen molar-refractivity contribution >= 4 is 11.7 Å². The predicted octanol–water partition coefficient (Wildman–Crippen LogP) is 1.96. The van der Waals surface area contributed by atoms with Crippen molar-refractivity contribution in [2.45, 2.75) is 37.8 Å². The van der Waals surface area contributed by atoms with Gasteiger partial charge in [-0.3, -0.25) is 0 Å². The van der Waals surface area contributed by atoms with Gasteiger partial charge in [0.05, 0.1) is 18.3 Å². The van der Waals surface area contributed by atoms with Crippen LogP contribution < -0.4 is 10.2 Å². The maximum atomic E-state index is 13.9. The Morgan fingerprint density at radius 3 is 2.83 bits per heavy atom. The highest BCUT2D eigenvalue weighted by atomic mass is 19.1. The molecule has 126 valence electrons. The van der Waals surface area contributed by atoms with E-state index in [4.69, 9.17) is 0 Å². The van der Waals surface area contributed by atoms with Crippen LogP contribution in [0.3, 0.4) is 0 Å². The predicted molar refractivity (Wildman–Crippen MR) is 87.0 cm³/mol. The molecule has 0 spiro atoms. The molecule has 2 saturated heterocycles. The van der Waals surface area contributed by atoms with Gasteiger partial charge in [0.15, 0.2) is 0 Å². The number of rotatable bonds is 3. The Bertz CT molecular complexity index is 554. The summed E-state index contributed by atoms with van der Waals surface area (Å²) in [6.07, 6.45) is 3.61.